The Labute approximate surface area is 77.4 Å². The van der Waals surface area contributed by atoms with E-state index in [4.69, 9.17) is 5.73 Å². The maximum atomic E-state index is 11.0. The van der Waals surface area contributed by atoms with Crippen LogP contribution in [0.3, 0.4) is 0 Å². The lowest BCUT2D eigenvalue weighted by Crippen LogP contribution is -2.01. The number of nitrogens with zero attached hydrogens (tertiary/aromatic N) is 2. The molecule has 4 heteroatoms. The summed E-state index contributed by atoms with van der Waals surface area (Å²) < 4.78 is 0.730. The molecule has 0 aliphatic heterocycles. The lowest BCUT2D eigenvalue weighted by atomic mass is 10.1. The predicted octanol–water partition coefficient (Wildman–Crippen LogP) is 1.83. The van der Waals surface area contributed by atoms with Gasteiger partial charge in [-0.3, -0.25) is 0 Å². The van der Waals surface area contributed by atoms with Crippen LogP contribution in [0.2, 0.25) is 0 Å². The number of hydrogen-bond donors (Lipinski definition) is 1. The van der Waals surface area contributed by atoms with Crippen LogP contribution in [0, 0.1) is 4.91 Å². The van der Waals surface area contributed by atoms with Gasteiger partial charge in [-0.05, 0) is 11.5 Å². The van der Waals surface area contributed by atoms with E-state index < -0.39 is 0 Å². The van der Waals surface area contributed by atoms with Gasteiger partial charge in [-0.1, -0.05) is 13.8 Å². The van der Waals surface area contributed by atoms with Gasteiger partial charge in [0.05, 0.1) is 0 Å². The van der Waals surface area contributed by atoms with Gasteiger partial charge in [-0.25, -0.2) is 4.98 Å². The highest BCUT2D eigenvalue weighted by atomic mass is 16.3. The van der Waals surface area contributed by atoms with Crippen molar-refractivity contribution in [3.05, 3.63) is 22.7 Å². The Kier molecular flexibility index (Phi) is 2.60. The summed E-state index contributed by atoms with van der Waals surface area (Å²) in [5.41, 5.74) is 6.99. The third-order valence-electron chi connectivity index (χ3n) is 1.92. The molecule has 0 bridgehead atoms. The van der Waals surface area contributed by atoms with Crippen molar-refractivity contribution < 1.29 is 4.76 Å². The summed E-state index contributed by atoms with van der Waals surface area (Å²) in [4.78, 5) is 15.0. The first-order valence-electron chi connectivity index (χ1n) is 4.18. The Morgan fingerprint density at radius 1 is 1.54 bits per heavy atom. The van der Waals surface area contributed by atoms with Crippen molar-refractivity contribution in [2.75, 3.05) is 12.8 Å². The fourth-order valence-corrected chi connectivity index (χ4v) is 1.05. The summed E-state index contributed by atoms with van der Waals surface area (Å²) in [5, 5.41) is 0. The van der Waals surface area contributed by atoms with Gasteiger partial charge in [0.1, 0.15) is 0 Å². The molecule has 1 aromatic rings. The van der Waals surface area contributed by atoms with Crippen LogP contribution in [0.4, 0.5) is 11.5 Å². The summed E-state index contributed by atoms with van der Waals surface area (Å²) in [7, 11) is 1.41. The Morgan fingerprint density at radius 2 is 2.15 bits per heavy atom. The second kappa shape index (κ2) is 3.51. The van der Waals surface area contributed by atoms with Crippen molar-refractivity contribution in [3.8, 4) is 0 Å². The van der Waals surface area contributed by atoms with Crippen LogP contribution in [0.1, 0.15) is 25.3 Å². The van der Waals surface area contributed by atoms with Crippen LogP contribution in [0.5, 0.6) is 0 Å². The third kappa shape index (κ3) is 2.02. The summed E-state index contributed by atoms with van der Waals surface area (Å²) in [5.74, 6) is 0.633. The second-order valence-corrected chi connectivity index (χ2v) is 3.33. The third-order valence-corrected chi connectivity index (χ3v) is 1.92. The number of nitrogen functional groups attached to an aromatic ring is 1. The molecule has 0 saturated carbocycles. The first-order valence-corrected chi connectivity index (χ1v) is 4.18. The maximum Gasteiger partial charge on any atom is 0.297 e. The average Bonchev–Trinajstić information content (AvgIpc) is 2.04. The van der Waals surface area contributed by atoms with Crippen molar-refractivity contribution in [2.24, 2.45) is 0 Å². The largest absolute Gasteiger partial charge is 0.378 e. The van der Waals surface area contributed by atoms with Gasteiger partial charge in [0.15, 0.2) is 7.05 Å². The zero-order valence-electron chi connectivity index (χ0n) is 8.11. The molecule has 1 aromatic heterocycles. The number of anilines is 1. The second-order valence-electron chi connectivity index (χ2n) is 3.33. The molecule has 0 aliphatic carbocycles. The van der Waals surface area contributed by atoms with E-state index in [0.29, 0.717) is 11.6 Å². The van der Waals surface area contributed by atoms with Gasteiger partial charge in [-0.2, -0.15) is 0 Å². The van der Waals surface area contributed by atoms with Crippen LogP contribution in [0.25, 0.3) is 0 Å². The van der Waals surface area contributed by atoms with Gasteiger partial charge in [-0.15, -0.1) is 0 Å². The van der Waals surface area contributed by atoms with Gasteiger partial charge in [0.2, 0.25) is 5.82 Å². The topological polar surface area (TPSA) is 59.0 Å². The smallest absolute Gasteiger partial charge is 0.297 e. The Morgan fingerprint density at radius 3 is 2.62 bits per heavy atom. The highest BCUT2D eigenvalue weighted by Gasteiger charge is 2.15. The van der Waals surface area contributed by atoms with Crippen molar-refractivity contribution >= 4 is 11.5 Å². The standard InChI is InChI=1S/C9H14N3O/c1-6(2)7-4-8(12(3)13)9(10)11-5-7/h4-6H,1-3H3,(H2,10,11)/q+1. The van der Waals surface area contributed by atoms with Gasteiger partial charge < -0.3 is 5.73 Å². The SMILES string of the molecule is CC(C)c1cnc(N)c([N+](C)=O)c1. The zero-order chi connectivity index (χ0) is 10.0. The molecule has 0 fully saturated rings. The molecular weight excluding hydrogens is 166 g/mol. The minimum absolute atomic E-state index is 0.280. The molecule has 0 spiro atoms. The molecule has 0 amide bonds. The molecule has 70 valence electrons. The number of aromatic nitrogens is 1. The lowest BCUT2D eigenvalue weighted by Gasteiger charge is -2.03. The van der Waals surface area contributed by atoms with Crippen LogP contribution in [-0.2, 0) is 0 Å². The van der Waals surface area contributed by atoms with E-state index in [-0.39, 0.29) is 5.82 Å². The summed E-state index contributed by atoms with van der Waals surface area (Å²) >= 11 is 0. The Balaban J connectivity index is 3.19. The first kappa shape index (κ1) is 9.64. The number of nitroso groups, excluding NO2 is 1. The molecule has 1 rings (SSSR count). The van der Waals surface area contributed by atoms with E-state index in [0.717, 1.165) is 10.3 Å². The van der Waals surface area contributed by atoms with Crippen molar-refractivity contribution in [3.63, 3.8) is 0 Å². The van der Waals surface area contributed by atoms with E-state index in [1.54, 1.807) is 12.3 Å². The van der Waals surface area contributed by atoms with Crippen LogP contribution in [-0.4, -0.2) is 16.8 Å². The number of pyridine rings is 1. The highest BCUT2D eigenvalue weighted by molar-refractivity contribution is 5.53. The molecule has 0 atom stereocenters. The molecule has 1 heterocycles. The summed E-state index contributed by atoms with van der Waals surface area (Å²) in [6, 6.07) is 1.78. The molecule has 0 aromatic carbocycles. The summed E-state index contributed by atoms with van der Waals surface area (Å²) in [6.07, 6.45) is 1.70. The lowest BCUT2D eigenvalue weighted by molar-refractivity contribution is -0.427. The van der Waals surface area contributed by atoms with E-state index in [1.165, 1.54) is 7.05 Å². The molecule has 0 saturated heterocycles. The van der Waals surface area contributed by atoms with Crippen molar-refractivity contribution in [1.82, 2.24) is 4.98 Å². The zero-order valence-corrected chi connectivity index (χ0v) is 8.11. The fraction of sp³-hybridized carbons (Fsp3) is 0.444. The molecule has 4 nitrogen and oxygen atoms in total. The van der Waals surface area contributed by atoms with Crippen LogP contribution >= 0.6 is 0 Å². The number of nitrogens with two attached hydrogens (primary N) is 1. The Hall–Kier alpha value is -1.45. The quantitative estimate of drug-likeness (QED) is 0.706. The van der Waals surface area contributed by atoms with Gasteiger partial charge in [0, 0.05) is 21.9 Å². The van der Waals surface area contributed by atoms with E-state index in [1.807, 2.05) is 13.8 Å². The highest BCUT2D eigenvalue weighted by Crippen LogP contribution is 2.23. The maximum absolute atomic E-state index is 11.0. The minimum atomic E-state index is 0.280. The number of rotatable bonds is 2. The molecule has 0 radical (unpaired) electrons. The molecule has 13 heavy (non-hydrogen) atoms. The molecule has 0 unspecified atom stereocenters. The monoisotopic (exact) mass is 180 g/mol. The van der Waals surface area contributed by atoms with Gasteiger partial charge >= 0.3 is 0 Å². The Bertz CT molecular complexity index is 334. The first-order chi connectivity index (χ1) is 6.02. The van der Waals surface area contributed by atoms with Crippen LogP contribution in [0.15, 0.2) is 12.3 Å². The average molecular weight is 180 g/mol. The molecular formula is C9H14N3O+. The number of hydrogen-bond acceptors (Lipinski definition) is 3. The van der Waals surface area contributed by atoms with Crippen molar-refractivity contribution in [1.29, 1.82) is 0 Å². The van der Waals surface area contributed by atoms with E-state index >= 15 is 0 Å². The van der Waals surface area contributed by atoms with Crippen LogP contribution < -0.4 is 5.73 Å². The van der Waals surface area contributed by atoms with E-state index in [2.05, 4.69) is 4.98 Å². The fourth-order valence-electron chi connectivity index (χ4n) is 1.05. The predicted molar refractivity (Wildman–Crippen MR) is 51.9 cm³/mol. The van der Waals surface area contributed by atoms with E-state index in [9.17, 15) is 4.91 Å². The summed E-state index contributed by atoms with van der Waals surface area (Å²) in [6.45, 7) is 4.09. The van der Waals surface area contributed by atoms with Crippen molar-refractivity contribution in [2.45, 2.75) is 19.8 Å². The normalized spacial score (nSPS) is 10.5. The minimum Gasteiger partial charge on any atom is -0.378 e. The molecule has 0 aliphatic rings. The van der Waals surface area contributed by atoms with Gasteiger partial charge in [0.25, 0.3) is 5.69 Å². The molecule has 2 N–H and O–H groups in total.